The Labute approximate surface area is 251 Å². The molecular formula is C33H35ClO5S2. The summed E-state index contributed by atoms with van der Waals surface area (Å²) < 4.78 is 30.3. The summed E-state index contributed by atoms with van der Waals surface area (Å²) in [6, 6.07) is 23.5. The normalized spacial score (nSPS) is 22.7. The van der Waals surface area contributed by atoms with Crippen LogP contribution in [0.1, 0.15) is 49.0 Å². The maximum Gasteiger partial charge on any atom is 0.339 e. The van der Waals surface area contributed by atoms with Crippen LogP contribution in [0.15, 0.2) is 89.1 Å². The first-order valence-electron chi connectivity index (χ1n) is 14.0. The molecule has 3 saturated carbocycles. The molecule has 1 N–H and O–H groups in total. The Balaban J connectivity index is 0.000000166. The van der Waals surface area contributed by atoms with Crippen molar-refractivity contribution in [1.82, 2.24) is 0 Å². The van der Waals surface area contributed by atoms with Gasteiger partial charge in [0.05, 0.1) is 5.56 Å². The number of benzene rings is 3. The predicted molar refractivity (Wildman–Crippen MR) is 165 cm³/mol. The van der Waals surface area contributed by atoms with Gasteiger partial charge in [-0.05, 0) is 102 Å². The number of carbonyl (C=O) groups is 1. The van der Waals surface area contributed by atoms with Crippen LogP contribution in [-0.4, -0.2) is 25.4 Å². The van der Waals surface area contributed by atoms with Crippen LogP contribution in [0.2, 0.25) is 0 Å². The molecule has 3 aliphatic carbocycles. The fourth-order valence-electron chi connectivity index (χ4n) is 6.72. The Morgan fingerprint density at radius 3 is 2.34 bits per heavy atom. The number of fused-ring (bicyclic) bond motifs is 3. The number of hydrogen-bond acceptors (Lipinski definition) is 6. The van der Waals surface area contributed by atoms with Crippen LogP contribution in [0.4, 0.5) is 0 Å². The predicted octanol–water partition coefficient (Wildman–Crippen LogP) is 7.96. The van der Waals surface area contributed by atoms with Gasteiger partial charge in [-0.25, -0.2) is 0 Å². The first kappa shape index (κ1) is 29.8. The van der Waals surface area contributed by atoms with Gasteiger partial charge in [0.15, 0.2) is 0 Å². The zero-order valence-electron chi connectivity index (χ0n) is 23.2. The van der Waals surface area contributed by atoms with Gasteiger partial charge in [-0.15, -0.1) is 11.3 Å². The molecular weight excluding hydrogens is 576 g/mol. The first-order valence-corrected chi connectivity index (χ1v) is 16.6. The Morgan fingerprint density at radius 2 is 1.71 bits per heavy atom. The molecule has 4 aromatic rings. The van der Waals surface area contributed by atoms with Crippen LogP contribution in [0.25, 0.3) is 10.1 Å². The van der Waals surface area contributed by atoms with Crippen molar-refractivity contribution in [2.45, 2.75) is 44.4 Å². The van der Waals surface area contributed by atoms with Crippen molar-refractivity contribution in [3.8, 4) is 5.75 Å². The van der Waals surface area contributed by atoms with Crippen LogP contribution in [0, 0.1) is 29.1 Å². The number of carbonyl (C=O) groups excluding carboxylic acids is 1. The summed E-state index contributed by atoms with van der Waals surface area (Å²) in [4.78, 5) is 11.4. The van der Waals surface area contributed by atoms with Gasteiger partial charge in [0.25, 0.3) is 5.24 Å². The van der Waals surface area contributed by atoms with Crippen molar-refractivity contribution >= 4 is 48.4 Å². The lowest BCUT2D eigenvalue weighted by Crippen LogP contribution is -2.56. The van der Waals surface area contributed by atoms with Crippen LogP contribution >= 0.6 is 22.9 Å². The van der Waals surface area contributed by atoms with Crippen molar-refractivity contribution in [2.24, 2.45) is 29.1 Å². The maximum atomic E-state index is 12.2. The van der Waals surface area contributed by atoms with Gasteiger partial charge < -0.3 is 9.29 Å². The van der Waals surface area contributed by atoms with Gasteiger partial charge in [0.1, 0.15) is 10.6 Å². The highest BCUT2D eigenvalue weighted by atomic mass is 35.5. The molecule has 0 aliphatic heterocycles. The average Bonchev–Trinajstić information content (AvgIpc) is 3.39. The van der Waals surface area contributed by atoms with E-state index in [1.165, 1.54) is 54.4 Å². The lowest BCUT2D eigenvalue weighted by Gasteiger charge is -2.63. The molecule has 41 heavy (non-hydrogen) atoms. The molecule has 2 bridgehead atoms. The maximum absolute atomic E-state index is 12.2. The van der Waals surface area contributed by atoms with Crippen LogP contribution in [-0.2, 0) is 16.5 Å². The van der Waals surface area contributed by atoms with E-state index in [1.807, 2.05) is 0 Å². The molecule has 3 aromatic carbocycles. The molecule has 3 aliphatic rings. The van der Waals surface area contributed by atoms with Gasteiger partial charge in [0.2, 0.25) is 0 Å². The van der Waals surface area contributed by atoms with E-state index < -0.39 is 15.4 Å². The molecule has 7 rings (SSSR count). The monoisotopic (exact) mass is 610 g/mol. The highest BCUT2D eigenvalue weighted by molar-refractivity contribution is 7.87. The second kappa shape index (κ2) is 12.3. The third-order valence-corrected chi connectivity index (χ3v) is 11.5. The molecule has 5 nitrogen and oxygen atoms in total. The van der Waals surface area contributed by atoms with Crippen LogP contribution in [0.5, 0.6) is 5.75 Å². The largest absolute Gasteiger partial charge is 0.396 e. The van der Waals surface area contributed by atoms with Crippen molar-refractivity contribution in [1.29, 1.82) is 0 Å². The molecule has 0 unspecified atom stereocenters. The summed E-state index contributed by atoms with van der Waals surface area (Å²) >= 11 is 6.87. The van der Waals surface area contributed by atoms with E-state index in [2.05, 4.69) is 44.2 Å². The summed E-state index contributed by atoms with van der Waals surface area (Å²) in [6.45, 7) is 5.27. The molecule has 8 heteroatoms. The van der Waals surface area contributed by atoms with Gasteiger partial charge in [-0.3, -0.25) is 4.79 Å². The summed E-state index contributed by atoms with van der Waals surface area (Å²) in [6.07, 6.45) is 4.96. The third kappa shape index (κ3) is 6.38. The van der Waals surface area contributed by atoms with Gasteiger partial charge >= 0.3 is 10.1 Å². The SMILES string of the molecule is CC1(C)[C@H]2C[C@H](CCO)[C@@H](Cc3ccccc3)[C@@H]1C2.O=C(Cl)c1csc2ccc(OS(=O)(=O)c3ccccc3)cc12. The molecule has 1 heterocycles. The lowest BCUT2D eigenvalue weighted by atomic mass is 9.42. The number of aliphatic hydroxyl groups is 1. The molecule has 4 atom stereocenters. The van der Waals surface area contributed by atoms with Gasteiger partial charge in [0, 0.05) is 22.1 Å². The van der Waals surface area contributed by atoms with E-state index in [9.17, 15) is 18.3 Å². The van der Waals surface area contributed by atoms with E-state index in [-0.39, 0.29) is 10.6 Å². The van der Waals surface area contributed by atoms with Crippen molar-refractivity contribution in [3.05, 3.63) is 95.4 Å². The van der Waals surface area contributed by atoms with E-state index >= 15 is 0 Å². The lowest BCUT2D eigenvalue weighted by molar-refractivity contribution is -0.137. The summed E-state index contributed by atoms with van der Waals surface area (Å²) in [7, 11) is -3.91. The average molecular weight is 611 g/mol. The second-order valence-corrected chi connectivity index (χ2v) is 14.5. The molecule has 3 fully saturated rings. The Hall–Kier alpha value is -2.71. The Bertz CT molecular complexity index is 1600. The minimum Gasteiger partial charge on any atom is -0.396 e. The van der Waals surface area contributed by atoms with E-state index in [0.29, 0.717) is 23.0 Å². The third-order valence-electron chi connectivity index (χ3n) is 9.06. The molecule has 216 valence electrons. The highest BCUT2D eigenvalue weighted by Gasteiger charge is 2.56. The summed E-state index contributed by atoms with van der Waals surface area (Å²) in [5.74, 6) is 3.41. The quantitative estimate of drug-likeness (QED) is 0.162. The van der Waals surface area contributed by atoms with Crippen molar-refractivity contribution in [2.75, 3.05) is 6.61 Å². The number of rotatable bonds is 8. The fraction of sp³-hybridized carbons (Fsp3) is 0.364. The molecule has 0 radical (unpaired) electrons. The Morgan fingerprint density at radius 1 is 1.02 bits per heavy atom. The minimum atomic E-state index is -3.91. The first-order chi connectivity index (χ1) is 19.6. The van der Waals surface area contributed by atoms with E-state index in [1.54, 1.807) is 35.7 Å². The molecule has 0 amide bonds. The highest BCUT2D eigenvalue weighted by Crippen LogP contribution is 2.64. The fourth-order valence-corrected chi connectivity index (χ4v) is 8.80. The molecule has 0 spiro atoms. The molecule has 1 aromatic heterocycles. The van der Waals surface area contributed by atoms with Crippen LogP contribution < -0.4 is 4.18 Å². The number of hydrogen-bond donors (Lipinski definition) is 1. The molecule has 0 saturated heterocycles. The number of aliphatic hydroxyl groups excluding tert-OH is 1. The smallest absolute Gasteiger partial charge is 0.339 e. The number of thiophene rings is 1. The Kier molecular flexibility index (Phi) is 8.90. The zero-order valence-corrected chi connectivity index (χ0v) is 25.6. The standard InChI is InChI=1S/C18H26O.C15H9ClO4S2/c1-18(2)15-11-14(8-9-19)16(17(18)12-15)10-13-6-4-3-5-7-13;16-15(17)13-9-21-14-7-6-10(8-12(13)14)20-22(18,19)11-4-2-1-3-5-11/h3-7,14-17,19H,8-12H2,1-2H3;1-9H/t14-,15-,16+,17-;/m0./s1. The second-order valence-electron chi connectivity index (χ2n) is 11.7. The van der Waals surface area contributed by atoms with Gasteiger partial charge in [-0.2, -0.15) is 8.42 Å². The zero-order chi connectivity index (χ0) is 29.2. The summed E-state index contributed by atoms with van der Waals surface area (Å²) in [5, 5.41) is 11.0. The van der Waals surface area contributed by atoms with Crippen molar-refractivity contribution < 1.29 is 22.5 Å². The minimum absolute atomic E-state index is 0.0639. The van der Waals surface area contributed by atoms with E-state index in [0.717, 1.165) is 34.8 Å². The topological polar surface area (TPSA) is 80.7 Å². The van der Waals surface area contributed by atoms with E-state index in [4.69, 9.17) is 15.8 Å². The van der Waals surface area contributed by atoms with Crippen LogP contribution in [0.3, 0.4) is 0 Å². The van der Waals surface area contributed by atoms with Crippen molar-refractivity contribution in [3.63, 3.8) is 0 Å². The summed E-state index contributed by atoms with van der Waals surface area (Å²) in [5.41, 5.74) is 2.34. The number of halogens is 1. The van der Waals surface area contributed by atoms with Gasteiger partial charge in [-0.1, -0.05) is 62.4 Å².